The number of nitrogens with zero attached hydrogens (tertiary/aromatic N) is 2. The zero-order chi connectivity index (χ0) is 20.1. The molecule has 0 spiro atoms. The van der Waals surface area contributed by atoms with Gasteiger partial charge in [0.05, 0.1) is 24.9 Å². The van der Waals surface area contributed by atoms with Gasteiger partial charge in [-0.15, -0.1) is 0 Å². The fourth-order valence-electron chi connectivity index (χ4n) is 3.26. The maximum atomic E-state index is 14.4. The zero-order valence-electron chi connectivity index (χ0n) is 15.7. The van der Waals surface area contributed by atoms with E-state index < -0.39 is 17.6 Å². The summed E-state index contributed by atoms with van der Waals surface area (Å²) >= 11 is 0. The van der Waals surface area contributed by atoms with Crippen LogP contribution in [0.25, 0.3) is 0 Å². The molecular formula is C21H22F2N2O3. The molecule has 0 aromatic heterocycles. The van der Waals surface area contributed by atoms with E-state index in [0.717, 1.165) is 31.4 Å². The van der Waals surface area contributed by atoms with E-state index >= 15 is 0 Å². The van der Waals surface area contributed by atoms with Crippen LogP contribution in [0.2, 0.25) is 0 Å². The fourth-order valence-corrected chi connectivity index (χ4v) is 3.26. The van der Waals surface area contributed by atoms with Crippen molar-refractivity contribution in [1.29, 1.82) is 0 Å². The number of ether oxygens (including phenoxy) is 1. The molecule has 0 unspecified atom stereocenters. The minimum atomic E-state index is -0.795. The standard InChI is InChI=1S/C21H22F2N2O3/c1-28-20(26)16-7-5-15(6-8-16)14-25(19-10-9-17(22)13-18(19)23)21(27)24-11-3-2-4-12-24/h5-10,13H,2-4,11-12,14H2,1H3. The molecule has 0 atom stereocenters. The summed E-state index contributed by atoms with van der Waals surface area (Å²) in [4.78, 5) is 27.7. The minimum absolute atomic E-state index is 0.0222. The first-order chi connectivity index (χ1) is 13.5. The molecule has 1 aliphatic rings. The molecule has 2 aromatic carbocycles. The molecule has 1 heterocycles. The number of likely N-dealkylation sites (tertiary alicyclic amines) is 1. The van der Waals surface area contributed by atoms with E-state index in [9.17, 15) is 18.4 Å². The largest absolute Gasteiger partial charge is 0.465 e. The number of anilines is 1. The highest BCUT2D eigenvalue weighted by Gasteiger charge is 2.26. The van der Waals surface area contributed by atoms with Gasteiger partial charge in [0, 0.05) is 19.2 Å². The Kier molecular flexibility index (Phi) is 6.23. The van der Waals surface area contributed by atoms with Crippen molar-refractivity contribution >= 4 is 17.7 Å². The molecule has 2 aromatic rings. The lowest BCUT2D eigenvalue weighted by Crippen LogP contribution is -2.45. The number of hydrogen-bond acceptors (Lipinski definition) is 3. The van der Waals surface area contributed by atoms with E-state index in [4.69, 9.17) is 0 Å². The van der Waals surface area contributed by atoms with Gasteiger partial charge in [0.1, 0.15) is 11.6 Å². The zero-order valence-corrected chi connectivity index (χ0v) is 15.7. The summed E-state index contributed by atoms with van der Waals surface area (Å²) in [5.41, 5.74) is 1.11. The van der Waals surface area contributed by atoms with Crippen molar-refractivity contribution < 1.29 is 23.1 Å². The van der Waals surface area contributed by atoms with Crippen molar-refractivity contribution in [3.63, 3.8) is 0 Å². The number of methoxy groups -OCH3 is 1. The molecule has 0 radical (unpaired) electrons. The van der Waals surface area contributed by atoms with Crippen LogP contribution in [0.1, 0.15) is 35.2 Å². The number of urea groups is 1. The highest BCUT2D eigenvalue weighted by atomic mass is 19.1. The predicted octanol–water partition coefficient (Wildman–Crippen LogP) is 4.36. The van der Waals surface area contributed by atoms with Gasteiger partial charge in [0.2, 0.25) is 0 Å². The lowest BCUT2D eigenvalue weighted by atomic mass is 10.1. The molecule has 0 aliphatic carbocycles. The number of piperidine rings is 1. The second kappa shape index (κ2) is 8.82. The summed E-state index contributed by atoms with van der Waals surface area (Å²) in [5.74, 6) is -1.96. The summed E-state index contributed by atoms with van der Waals surface area (Å²) in [5, 5.41) is 0. The van der Waals surface area contributed by atoms with E-state index in [1.807, 2.05) is 0 Å². The second-order valence-corrected chi connectivity index (χ2v) is 6.70. The number of hydrogen-bond donors (Lipinski definition) is 0. The van der Waals surface area contributed by atoms with Gasteiger partial charge in [0.25, 0.3) is 0 Å². The summed E-state index contributed by atoms with van der Waals surface area (Å²) in [6.45, 7) is 1.32. The van der Waals surface area contributed by atoms with Crippen LogP contribution in [0.4, 0.5) is 19.3 Å². The van der Waals surface area contributed by atoms with Gasteiger partial charge in [-0.25, -0.2) is 18.4 Å². The van der Waals surface area contributed by atoms with Gasteiger partial charge in [-0.2, -0.15) is 0 Å². The van der Waals surface area contributed by atoms with Crippen LogP contribution in [-0.4, -0.2) is 37.1 Å². The molecule has 0 bridgehead atoms. The number of esters is 1. The van der Waals surface area contributed by atoms with Crippen LogP contribution >= 0.6 is 0 Å². The van der Waals surface area contributed by atoms with Gasteiger partial charge in [-0.05, 0) is 49.1 Å². The summed E-state index contributed by atoms with van der Waals surface area (Å²) in [6, 6.07) is 9.41. The highest BCUT2D eigenvalue weighted by Crippen LogP contribution is 2.25. The Morgan fingerprint density at radius 3 is 2.32 bits per heavy atom. The van der Waals surface area contributed by atoms with Crippen molar-refractivity contribution in [1.82, 2.24) is 4.90 Å². The average Bonchev–Trinajstić information content (AvgIpc) is 2.72. The number of carbonyl (C=O) groups excluding carboxylic acids is 2. The number of carbonyl (C=O) groups is 2. The molecule has 0 N–H and O–H groups in total. The maximum absolute atomic E-state index is 14.4. The second-order valence-electron chi connectivity index (χ2n) is 6.70. The topological polar surface area (TPSA) is 49.9 Å². The number of benzene rings is 2. The Labute approximate surface area is 162 Å². The molecule has 1 fully saturated rings. The third-order valence-electron chi connectivity index (χ3n) is 4.77. The van der Waals surface area contributed by atoms with E-state index in [0.29, 0.717) is 24.2 Å². The Morgan fingerprint density at radius 2 is 1.71 bits per heavy atom. The van der Waals surface area contributed by atoms with E-state index in [2.05, 4.69) is 4.74 Å². The monoisotopic (exact) mass is 388 g/mol. The molecular weight excluding hydrogens is 366 g/mol. The minimum Gasteiger partial charge on any atom is -0.465 e. The van der Waals surface area contributed by atoms with Crippen molar-refractivity contribution in [2.45, 2.75) is 25.8 Å². The van der Waals surface area contributed by atoms with Gasteiger partial charge in [-0.3, -0.25) is 4.90 Å². The first-order valence-corrected chi connectivity index (χ1v) is 9.18. The van der Waals surface area contributed by atoms with Crippen LogP contribution in [-0.2, 0) is 11.3 Å². The Balaban J connectivity index is 1.89. The molecule has 148 valence electrons. The van der Waals surface area contributed by atoms with Gasteiger partial charge < -0.3 is 9.64 Å². The molecule has 1 aliphatic heterocycles. The summed E-state index contributed by atoms with van der Waals surface area (Å²) < 4.78 is 32.5. The first kappa shape index (κ1) is 19.8. The summed E-state index contributed by atoms with van der Waals surface area (Å²) in [7, 11) is 1.30. The average molecular weight is 388 g/mol. The van der Waals surface area contributed by atoms with Gasteiger partial charge >= 0.3 is 12.0 Å². The van der Waals surface area contributed by atoms with Crippen LogP contribution in [0, 0.1) is 11.6 Å². The first-order valence-electron chi connectivity index (χ1n) is 9.18. The van der Waals surface area contributed by atoms with Crippen LogP contribution in [0.3, 0.4) is 0 Å². The number of rotatable bonds is 4. The van der Waals surface area contributed by atoms with Gasteiger partial charge in [0.15, 0.2) is 0 Å². The van der Waals surface area contributed by atoms with E-state index in [1.54, 1.807) is 29.2 Å². The normalized spacial score (nSPS) is 13.9. The molecule has 28 heavy (non-hydrogen) atoms. The lowest BCUT2D eigenvalue weighted by molar-refractivity contribution is 0.0600. The Morgan fingerprint density at radius 1 is 1.04 bits per heavy atom. The smallest absolute Gasteiger partial charge is 0.337 e. The quantitative estimate of drug-likeness (QED) is 0.731. The lowest BCUT2D eigenvalue weighted by Gasteiger charge is -2.33. The van der Waals surface area contributed by atoms with E-state index in [1.165, 1.54) is 18.1 Å². The number of amides is 2. The van der Waals surface area contributed by atoms with Crippen molar-refractivity contribution in [3.8, 4) is 0 Å². The molecule has 7 heteroatoms. The van der Waals surface area contributed by atoms with Crippen LogP contribution in [0.15, 0.2) is 42.5 Å². The van der Waals surface area contributed by atoms with Crippen molar-refractivity contribution in [2.75, 3.05) is 25.1 Å². The van der Waals surface area contributed by atoms with Gasteiger partial charge in [-0.1, -0.05) is 12.1 Å². The van der Waals surface area contributed by atoms with Crippen molar-refractivity contribution in [3.05, 3.63) is 65.2 Å². The third-order valence-corrected chi connectivity index (χ3v) is 4.77. The summed E-state index contributed by atoms with van der Waals surface area (Å²) in [6.07, 6.45) is 2.86. The maximum Gasteiger partial charge on any atom is 0.337 e. The molecule has 2 amide bonds. The third kappa shape index (κ3) is 4.47. The Hall–Kier alpha value is -2.96. The predicted molar refractivity (Wildman–Crippen MR) is 101 cm³/mol. The molecule has 3 rings (SSSR count). The molecule has 0 saturated carbocycles. The molecule has 5 nitrogen and oxygen atoms in total. The molecule has 1 saturated heterocycles. The van der Waals surface area contributed by atoms with Crippen LogP contribution < -0.4 is 4.90 Å². The SMILES string of the molecule is COC(=O)c1ccc(CN(C(=O)N2CCCCC2)c2ccc(F)cc2F)cc1. The Bertz CT molecular complexity index is 849. The highest BCUT2D eigenvalue weighted by molar-refractivity contribution is 5.92. The van der Waals surface area contributed by atoms with E-state index in [-0.39, 0.29) is 18.3 Å². The fraction of sp³-hybridized carbons (Fsp3) is 0.333. The van der Waals surface area contributed by atoms with Crippen molar-refractivity contribution in [2.24, 2.45) is 0 Å². The number of halogens is 2. The van der Waals surface area contributed by atoms with Crippen LogP contribution in [0.5, 0.6) is 0 Å².